The summed E-state index contributed by atoms with van der Waals surface area (Å²) in [5, 5.41) is 6.39. The Morgan fingerprint density at radius 3 is 3.06 bits per heavy atom. The molecule has 2 heterocycles. The van der Waals surface area contributed by atoms with Gasteiger partial charge in [0.25, 0.3) is 5.91 Å². The Morgan fingerprint density at radius 1 is 1.39 bits per heavy atom. The van der Waals surface area contributed by atoms with E-state index in [-0.39, 0.29) is 5.91 Å². The molecule has 1 aliphatic heterocycles. The number of fused-ring (bicyclic) bond motifs is 1. The number of aryl methyl sites for hydroxylation is 1. The highest BCUT2D eigenvalue weighted by molar-refractivity contribution is 7.98. The van der Waals surface area contributed by atoms with E-state index in [1.807, 2.05) is 11.8 Å². The van der Waals surface area contributed by atoms with Gasteiger partial charge in [0.2, 0.25) is 0 Å². The van der Waals surface area contributed by atoms with Gasteiger partial charge in [0.05, 0.1) is 4.88 Å². The van der Waals surface area contributed by atoms with Crippen molar-refractivity contribution in [2.75, 3.05) is 18.8 Å². The first-order valence-corrected chi connectivity index (χ1v) is 8.51. The number of hydrogen-bond acceptors (Lipinski definition) is 4. The van der Waals surface area contributed by atoms with Gasteiger partial charge in [0, 0.05) is 29.8 Å². The molecule has 0 spiro atoms. The predicted molar refractivity (Wildman–Crippen MR) is 77.5 cm³/mol. The van der Waals surface area contributed by atoms with Crippen molar-refractivity contribution in [3.05, 3.63) is 21.4 Å². The van der Waals surface area contributed by atoms with Crippen molar-refractivity contribution >= 4 is 29.0 Å². The van der Waals surface area contributed by atoms with Gasteiger partial charge in [0.15, 0.2) is 0 Å². The number of hydrogen-bond donors (Lipinski definition) is 2. The first-order chi connectivity index (χ1) is 8.83. The van der Waals surface area contributed by atoms with Crippen molar-refractivity contribution in [3.8, 4) is 0 Å². The molecule has 2 aliphatic rings. The molecule has 3 rings (SSSR count). The third kappa shape index (κ3) is 3.08. The van der Waals surface area contributed by atoms with E-state index in [0.29, 0.717) is 6.04 Å². The van der Waals surface area contributed by atoms with Gasteiger partial charge < -0.3 is 10.6 Å². The molecule has 3 nitrogen and oxygen atoms in total. The molecule has 1 saturated carbocycles. The minimum Gasteiger partial charge on any atom is -0.350 e. The Kier molecular flexibility index (Phi) is 3.91. The van der Waals surface area contributed by atoms with Gasteiger partial charge in [-0.15, -0.1) is 11.3 Å². The molecule has 98 valence electrons. The molecule has 1 aromatic heterocycles. The van der Waals surface area contributed by atoms with Crippen LogP contribution in [0.4, 0.5) is 0 Å². The Hall–Kier alpha value is -0.520. The second-order valence-corrected chi connectivity index (χ2v) is 7.09. The Balaban J connectivity index is 1.49. The third-order valence-corrected chi connectivity index (χ3v) is 5.52. The van der Waals surface area contributed by atoms with Crippen LogP contribution in [0.1, 0.15) is 33.0 Å². The van der Waals surface area contributed by atoms with Crippen LogP contribution in [0.25, 0.3) is 0 Å². The normalized spacial score (nSPS) is 18.4. The molecule has 0 aromatic carbocycles. The molecule has 1 amide bonds. The van der Waals surface area contributed by atoms with Crippen molar-refractivity contribution < 1.29 is 4.79 Å². The van der Waals surface area contributed by atoms with Crippen LogP contribution in [0, 0.1) is 0 Å². The van der Waals surface area contributed by atoms with Crippen LogP contribution < -0.4 is 10.6 Å². The first-order valence-electron chi connectivity index (χ1n) is 6.54. The summed E-state index contributed by atoms with van der Waals surface area (Å²) in [6.45, 7) is 1.62. The lowest BCUT2D eigenvalue weighted by molar-refractivity contribution is 0.0958. The van der Waals surface area contributed by atoms with E-state index >= 15 is 0 Å². The van der Waals surface area contributed by atoms with Gasteiger partial charge in [-0.2, -0.15) is 11.8 Å². The molecule has 1 aliphatic carbocycles. The maximum atomic E-state index is 12.0. The lowest BCUT2D eigenvalue weighted by atomic mass is 10.2. The van der Waals surface area contributed by atoms with E-state index in [1.165, 1.54) is 29.0 Å². The smallest absolute Gasteiger partial charge is 0.261 e. The summed E-state index contributed by atoms with van der Waals surface area (Å²) in [6, 6.07) is 2.79. The summed E-state index contributed by atoms with van der Waals surface area (Å²) in [6.07, 6.45) is 3.72. The van der Waals surface area contributed by atoms with Crippen molar-refractivity contribution in [1.29, 1.82) is 0 Å². The van der Waals surface area contributed by atoms with Crippen molar-refractivity contribution in [2.45, 2.75) is 31.1 Å². The van der Waals surface area contributed by atoms with Crippen molar-refractivity contribution in [1.82, 2.24) is 10.6 Å². The van der Waals surface area contributed by atoms with Gasteiger partial charge in [-0.1, -0.05) is 0 Å². The Labute approximate surface area is 116 Å². The lowest BCUT2D eigenvalue weighted by Gasteiger charge is -2.08. The minimum atomic E-state index is 0.0944. The molecule has 1 fully saturated rings. The first kappa shape index (κ1) is 12.5. The van der Waals surface area contributed by atoms with E-state index in [0.717, 1.165) is 30.1 Å². The van der Waals surface area contributed by atoms with Crippen LogP contribution in [0.15, 0.2) is 6.07 Å². The van der Waals surface area contributed by atoms with E-state index in [9.17, 15) is 4.79 Å². The molecule has 2 N–H and O–H groups in total. The average Bonchev–Trinajstić information content (AvgIpc) is 3.10. The molecule has 0 saturated heterocycles. The van der Waals surface area contributed by atoms with Gasteiger partial charge in [-0.25, -0.2) is 0 Å². The Morgan fingerprint density at radius 2 is 2.28 bits per heavy atom. The summed E-state index contributed by atoms with van der Waals surface area (Å²) >= 11 is 3.63. The SMILES string of the molecule is O=C(NCCNC1CC1)c1cc2c(s1)CCSC2. The van der Waals surface area contributed by atoms with Gasteiger partial charge >= 0.3 is 0 Å². The lowest BCUT2D eigenvalue weighted by Crippen LogP contribution is -2.32. The van der Waals surface area contributed by atoms with Crippen molar-refractivity contribution in [3.63, 3.8) is 0 Å². The summed E-state index contributed by atoms with van der Waals surface area (Å²) in [5.41, 5.74) is 1.37. The molecule has 0 radical (unpaired) electrons. The molecule has 0 unspecified atom stereocenters. The predicted octanol–water partition coefficient (Wildman–Crippen LogP) is 2.02. The van der Waals surface area contributed by atoms with Crippen LogP contribution >= 0.6 is 23.1 Å². The molecule has 5 heteroatoms. The second-order valence-electron chi connectivity index (χ2n) is 4.85. The quantitative estimate of drug-likeness (QED) is 0.812. The zero-order valence-corrected chi connectivity index (χ0v) is 12.0. The van der Waals surface area contributed by atoms with Crippen LogP contribution in [0.3, 0.4) is 0 Å². The molecule has 18 heavy (non-hydrogen) atoms. The van der Waals surface area contributed by atoms with E-state index < -0.39 is 0 Å². The number of carbonyl (C=O) groups excluding carboxylic acids is 1. The van der Waals surface area contributed by atoms with Crippen molar-refractivity contribution in [2.24, 2.45) is 0 Å². The summed E-state index contributed by atoms with van der Waals surface area (Å²) in [7, 11) is 0. The average molecular weight is 282 g/mol. The van der Waals surface area contributed by atoms with E-state index in [4.69, 9.17) is 0 Å². The third-order valence-electron chi connectivity index (χ3n) is 3.27. The number of rotatable bonds is 5. The highest BCUT2D eigenvalue weighted by Gasteiger charge is 2.20. The zero-order chi connectivity index (χ0) is 12.4. The van der Waals surface area contributed by atoms with Gasteiger partial charge in [-0.05, 0) is 36.6 Å². The number of carbonyl (C=O) groups is 1. The number of amides is 1. The highest BCUT2D eigenvalue weighted by Crippen LogP contribution is 2.31. The van der Waals surface area contributed by atoms with E-state index in [1.54, 1.807) is 11.3 Å². The molecule has 0 atom stereocenters. The zero-order valence-electron chi connectivity index (χ0n) is 10.3. The summed E-state index contributed by atoms with van der Waals surface area (Å²) in [4.78, 5) is 14.3. The number of thioether (sulfide) groups is 1. The standard InChI is InChI=1S/C13H18N2OS2/c16-13(15-5-4-14-10-1-2-10)12-7-9-8-17-6-3-11(9)18-12/h7,10,14H,1-6,8H2,(H,15,16). The number of thiophene rings is 1. The summed E-state index contributed by atoms with van der Waals surface area (Å²) < 4.78 is 0. The molecular weight excluding hydrogens is 264 g/mol. The monoisotopic (exact) mass is 282 g/mol. The van der Waals surface area contributed by atoms with Crippen LogP contribution in [0.2, 0.25) is 0 Å². The largest absolute Gasteiger partial charge is 0.350 e. The van der Waals surface area contributed by atoms with Gasteiger partial charge in [0.1, 0.15) is 0 Å². The Bertz CT molecular complexity index is 417. The molecular formula is C13H18N2OS2. The van der Waals surface area contributed by atoms with E-state index in [2.05, 4.69) is 16.7 Å². The fourth-order valence-electron chi connectivity index (χ4n) is 2.09. The molecule has 1 aromatic rings. The fraction of sp³-hybridized carbons (Fsp3) is 0.615. The maximum absolute atomic E-state index is 12.0. The minimum absolute atomic E-state index is 0.0944. The summed E-state index contributed by atoms with van der Waals surface area (Å²) in [5.74, 6) is 2.36. The highest BCUT2D eigenvalue weighted by atomic mass is 32.2. The molecule has 0 bridgehead atoms. The van der Waals surface area contributed by atoms with Crippen LogP contribution in [-0.4, -0.2) is 30.8 Å². The van der Waals surface area contributed by atoms with Crippen LogP contribution in [0.5, 0.6) is 0 Å². The topological polar surface area (TPSA) is 41.1 Å². The fourth-order valence-corrected chi connectivity index (χ4v) is 4.37. The number of nitrogens with one attached hydrogen (secondary N) is 2. The van der Waals surface area contributed by atoms with Gasteiger partial charge in [-0.3, -0.25) is 4.79 Å². The maximum Gasteiger partial charge on any atom is 0.261 e. The second kappa shape index (κ2) is 5.63. The van der Waals surface area contributed by atoms with Crippen LogP contribution in [-0.2, 0) is 12.2 Å².